The van der Waals surface area contributed by atoms with Crippen molar-refractivity contribution in [1.82, 2.24) is 0 Å². The van der Waals surface area contributed by atoms with Crippen molar-refractivity contribution in [2.24, 2.45) is 5.73 Å². The topological polar surface area (TPSA) is 64.7 Å². The lowest BCUT2D eigenvalue weighted by Gasteiger charge is -2.28. The van der Waals surface area contributed by atoms with Crippen LogP contribution in [0.5, 0.6) is 0 Å². The van der Waals surface area contributed by atoms with Gasteiger partial charge in [0.25, 0.3) is 5.91 Å². The largest absolute Gasteiger partial charge is 0.350 e. The molecule has 1 atom stereocenters. The highest BCUT2D eigenvalue weighted by atomic mass is 17.3. The Morgan fingerprint density at radius 2 is 2.17 bits per heavy atom. The lowest BCUT2D eigenvalue weighted by Crippen LogP contribution is -2.55. The van der Waals surface area contributed by atoms with Crippen LogP contribution in [0.2, 0.25) is 0 Å². The Morgan fingerprint density at radius 3 is 2.17 bits per heavy atom. The van der Waals surface area contributed by atoms with Gasteiger partial charge in [0.05, 0.1) is 0 Å². The minimum atomic E-state index is -1.50. The fraction of sp³-hybridized carbons (Fsp3) is 1.00. The predicted molar refractivity (Wildman–Crippen MR) is 16.2 cm³/mol. The van der Waals surface area contributed by atoms with Gasteiger partial charge in [-0.2, -0.15) is 4.89 Å². The van der Waals surface area contributed by atoms with E-state index in [4.69, 9.17) is 10.8 Å². The summed E-state index contributed by atoms with van der Waals surface area (Å²) in [7, 11) is 0. The van der Waals surface area contributed by atoms with E-state index in [1.807, 2.05) is 0 Å². The van der Waals surface area contributed by atoms with Crippen molar-refractivity contribution in [3.05, 3.63) is 0 Å². The van der Waals surface area contributed by atoms with Gasteiger partial charge in [-0.05, 0) is 0 Å². The molecule has 0 aromatic carbocycles. The molecular formula is C2H5NO3. The van der Waals surface area contributed by atoms with E-state index in [0.717, 1.165) is 0 Å². The molecule has 0 amide bonds. The zero-order chi connectivity index (χ0) is 4.62. The average Bonchev–Trinajstić information content (AvgIpc) is 1.32. The van der Waals surface area contributed by atoms with E-state index in [2.05, 4.69) is 9.78 Å². The van der Waals surface area contributed by atoms with Crippen LogP contribution >= 0.6 is 0 Å². The maximum absolute atomic E-state index is 8.34. The molecule has 0 saturated carbocycles. The second-order valence-electron chi connectivity index (χ2n) is 1.19. The molecule has 1 heterocycles. The molecule has 1 fully saturated rings. The van der Waals surface area contributed by atoms with Gasteiger partial charge in [0.15, 0.2) is 6.61 Å². The molecule has 3 N–H and O–H groups in total. The molecular weight excluding hydrogens is 86.0 g/mol. The van der Waals surface area contributed by atoms with Crippen LogP contribution < -0.4 is 5.73 Å². The molecule has 4 heteroatoms. The van der Waals surface area contributed by atoms with Gasteiger partial charge in [0, 0.05) is 0 Å². The number of aliphatic hydroxyl groups is 1. The Labute approximate surface area is 34.4 Å². The average molecular weight is 91.1 g/mol. The number of hydrogen-bond acceptors (Lipinski definition) is 4. The summed E-state index contributed by atoms with van der Waals surface area (Å²) in [6.07, 6.45) is 0. The van der Waals surface area contributed by atoms with E-state index in [9.17, 15) is 0 Å². The van der Waals surface area contributed by atoms with Crippen LogP contribution in [0, 0.1) is 0 Å². The van der Waals surface area contributed by atoms with Crippen LogP contribution in [-0.4, -0.2) is 17.6 Å². The molecule has 0 radical (unpaired) electrons. The summed E-state index contributed by atoms with van der Waals surface area (Å²) in [6.45, 7) is 0.0625. The van der Waals surface area contributed by atoms with Crippen molar-refractivity contribution in [3.63, 3.8) is 0 Å². The molecule has 4 nitrogen and oxygen atoms in total. The van der Waals surface area contributed by atoms with Crippen molar-refractivity contribution in [2.75, 3.05) is 6.61 Å². The first-order valence-electron chi connectivity index (χ1n) is 1.53. The van der Waals surface area contributed by atoms with Crippen LogP contribution in [0.25, 0.3) is 0 Å². The maximum Gasteiger partial charge on any atom is 0.280 e. The van der Waals surface area contributed by atoms with Gasteiger partial charge in [-0.15, -0.1) is 0 Å². The second kappa shape index (κ2) is 0.913. The van der Waals surface area contributed by atoms with Gasteiger partial charge >= 0.3 is 0 Å². The van der Waals surface area contributed by atoms with E-state index >= 15 is 0 Å². The third kappa shape index (κ3) is 0.504. The van der Waals surface area contributed by atoms with Crippen LogP contribution in [-0.2, 0) is 9.78 Å². The highest BCUT2D eigenvalue weighted by Crippen LogP contribution is 2.09. The van der Waals surface area contributed by atoms with Crippen LogP contribution in [0.1, 0.15) is 0 Å². The van der Waals surface area contributed by atoms with Crippen LogP contribution in [0.15, 0.2) is 0 Å². The summed E-state index contributed by atoms with van der Waals surface area (Å²) < 4.78 is 0. The lowest BCUT2D eigenvalue weighted by molar-refractivity contribution is -0.528. The Kier molecular flexibility index (Phi) is 0.611. The molecule has 0 aromatic heterocycles. The standard InChI is InChI=1S/C2H5NO3/c3-2(4)1-5-6-2/h4H,1,3H2. The molecule has 1 aliphatic heterocycles. The molecule has 1 unspecified atom stereocenters. The SMILES string of the molecule is NC1(O)COO1. The van der Waals surface area contributed by atoms with E-state index in [1.54, 1.807) is 0 Å². The van der Waals surface area contributed by atoms with Gasteiger partial charge < -0.3 is 5.11 Å². The highest BCUT2D eigenvalue weighted by molar-refractivity contribution is 4.55. The van der Waals surface area contributed by atoms with Gasteiger partial charge in [-0.25, -0.2) is 4.89 Å². The number of rotatable bonds is 0. The van der Waals surface area contributed by atoms with Crippen molar-refractivity contribution in [1.29, 1.82) is 0 Å². The first-order valence-corrected chi connectivity index (χ1v) is 1.53. The van der Waals surface area contributed by atoms with Gasteiger partial charge in [-0.1, -0.05) is 0 Å². The third-order valence-electron chi connectivity index (χ3n) is 0.469. The minimum absolute atomic E-state index is 0.0625. The Bertz CT molecular complexity index is 55.8. The Hall–Kier alpha value is -0.160. The third-order valence-corrected chi connectivity index (χ3v) is 0.469. The van der Waals surface area contributed by atoms with Gasteiger partial charge in [-0.3, -0.25) is 5.73 Å². The normalized spacial score (nSPS) is 45.0. The molecule has 1 rings (SSSR count). The summed E-state index contributed by atoms with van der Waals surface area (Å²) >= 11 is 0. The van der Waals surface area contributed by atoms with Crippen LogP contribution in [0.3, 0.4) is 0 Å². The van der Waals surface area contributed by atoms with Crippen molar-refractivity contribution >= 4 is 0 Å². The zero-order valence-corrected chi connectivity index (χ0v) is 3.05. The van der Waals surface area contributed by atoms with Crippen LogP contribution in [0.4, 0.5) is 0 Å². The highest BCUT2D eigenvalue weighted by Gasteiger charge is 2.33. The molecule has 1 saturated heterocycles. The fourth-order valence-electron chi connectivity index (χ4n) is 0.180. The molecule has 36 valence electrons. The summed E-state index contributed by atoms with van der Waals surface area (Å²) in [5, 5.41) is 8.34. The molecule has 0 bridgehead atoms. The summed E-state index contributed by atoms with van der Waals surface area (Å²) in [5.41, 5.74) is 4.83. The lowest BCUT2D eigenvalue weighted by atomic mass is 10.5. The predicted octanol–water partition coefficient (Wildman–Crippen LogP) is -1.45. The Balaban J connectivity index is 2.31. The number of hydrogen-bond donors (Lipinski definition) is 2. The summed E-state index contributed by atoms with van der Waals surface area (Å²) in [5.74, 6) is -1.50. The maximum atomic E-state index is 8.34. The van der Waals surface area contributed by atoms with E-state index < -0.39 is 5.91 Å². The Morgan fingerprint density at radius 1 is 1.83 bits per heavy atom. The van der Waals surface area contributed by atoms with E-state index in [-0.39, 0.29) is 6.61 Å². The first kappa shape index (κ1) is 4.01. The minimum Gasteiger partial charge on any atom is -0.350 e. The zero-order valence-electron chi connectivity index (χ0n) is 3.05. The molecule has 0 aliphatic carbocycles. The fourth-order valence-corrected chi connectivity index (χ4v) is 0.180. The molecule has 6 heavy (non-hydrogen) atoms. The molecule has 0 aromatic rings. The van der Waals surface area contributed by atoms with E-state index in [1.165, 1.54) is 0 Å². The van der Waals surface area contributed by atoms with Crippen molar-refractivity contribution < 1.29 is 14.9 Å². The molecule has 1 aliphatic rings. The molecule has 0 spiro atoms. The first-order chi connectivity index (χ1) is 2.71. The van der Waals surface area contributed by atoms with Gasteiger partial charge in [0.1, 0.15) is 0 Å². The van der Waals surface area contributed by atoms with Gasteiger partial charge in [0.2, 0.25) is 0 Å². The van der Waals surface area contributed by atoms with Crippen molar-refractivity contribution in [3.8, 4) is 0 Å². The summed E-state index contributed by atoms with van der Waals surface area (Å²) in [4.78, 5) is 8.01. The monoisotopic (exact) mass is 91.0 g/mol. The smallest absolute Gasteiger partial charge is 0.280 e. The number of nitrogens with two attached hydrogens (primary N) is 1. The quantitative estimate of drug-likeness (QED) is 0.283. The van der Waals surface area contributed by atoms with Crippen molar-refractivity contribution in [2.45, 2.75) is 5.91 Å². The second-order valence-corrected chi connectivity index (χ2v) is 1.19. The summed E-state index contributed by atoms with van der Waals surface area (Å²) in [6, 6.07) is 0. The van der Waals surface area contributed by atoms with E-state index in [0.29, 0.717) is 0 Å².